The van der Waals surface area contributed by atoms with Crippen LogP contribution in [-0.4, -0.2) is 27.3 Å². The molecule has 2 heterocycles. The van der Waals surface area contributed by atoms with Gasteiger partial charge in [-0.25, -0.2) is 0 Å². The molecule has 0 aliphatic heterocycles. The fourth-order valence-corrected chi connectivity index (χ4v) is 2.18. The van der Waals surface area contributed by atoms with E-state index < -0.39 is 0 Å². The summed E-state index contributed by atoms with van der Waals surface area (Å²) in [7, 11) is 0. The van der Waals surface area contributed by atoms with Gasteiger partial charge in [-0.3, -0.25) is 14.5 Å². The number of aromatic nitrogens is 3. The summed E-state index contributed by atoms with van der Waals surface area (Å²) in [6.45, 7) is 1.16. The lowest BCUT2D eigenvalue weighted by Gasteiger charge is -2.08. The van der Waals surface area contributed by atoms with Crippen molar-refractivity contribution in [2.75, 3.05) is 11.9 Å². The Labute approximate surface area is 145 Å². The van der Waals surface area contributed by atoms with Crippen LogP contribution in [0.25, 0.3) is 6.08 Å². The number of ether oxygens (including phenoxy) is 1. The van der Waals surface area contributed by atoms with Crippen LogP contribution in [0.4, 0.5) is 5.69 Å². The van der Waals surface area contributed by atoms with Crippen LogP contribution in [0.5, 0.6) is 5.75 Å². The van der Waals surface area contributed by atoms with Crippen molar-refractivity contribution in [3.63, 3.8) is 0 Å². The van der Waals surface area contributed by atoms with Crippen LogP contribution in [0, 0.1) is 0 Å². The van der Waals surface area contributed by atoms with E-state index in [-0.39, 0.29) is 5.91 Å². The topological polar surface area (TPSA) is 69.0 Å². The summed E-state index contributed by atoms with van der Waals surface area (Å²) < 4.78 is 7.49. The number of rotatable bonds is 7. The van der Waals surface area contributed by atoms with Gasteiger partial charge in [-0.1, -0.05) is 12.1 Å². The number of carbonyl (C=O) groups excluding carboxylic acids is 1. The lowest BCUT2D eigenvalue weighted by molar-refractivity contribution is -0.111. The zero-order chi connectivity index (χ0) is 17.3. The number of nitrogens with one attached hydrogen (secondary N) is 1. The largest absolute Gasteiger partial charge is 0.492 e. The summed E-state index contributed by atoms with van der Waals surface area (Å²) in [6, 6.07) is 12.9. The van der Waals surface area contributed by atoms with E-state index in [2.05, 4.69) is 15.4 Å². The first kappa shape index (κ1) is 16.4. The van der Waals surface area contributed by atoms with Crippen molar-refractivity contribution in [1.29, 1.82) is 0 Å². The van der Waals surface area contributed by atoms with Crippen LogP contribution >= 0.6 is 0 Å². The average Bonchev–Trinajstić information content (AvgIpc) is 3.15. The van der Waals surface area contributed by atoms with Gasteiger partial charge < -0.3 is 10.1 Å². The van der Waals surface area contributed by atoms with Crippen molar-refractivity contribution in [3.8, 4) is 5.75 Å². The zero-order valence-corrected chi connectivity index (χ0v) is 13.6. The molecule has 0 aliphatic carbocycles. The second kappa shape index (κ2) is 8.44. The molecule has 25 heavy (non-hydrogen) atoms. The number of benzene rings is 1. The third-order valence-electron chi connectivity index (χ3n) is 3.36. The van der Waals surface area contributed by atoms with Crippen LogP contribution in [0.1, 0.15) is 5.56 Å². The van der Waals surface area contributed by atoms with Crippen LogP contribution in [0.2, 0.25) is 0 Å². The minimum Gasteiger partial charge on any atom is -0.492 e. The monoisotopic (exact) mass is 334 g/mol. The molecule has 0 bridgehead atoms. The van der Waals surface area contributed by atoms with Crippen LogP contribution < -0.4 is 10.1 Å². The normalized spacial score (nSPS) is 10.7. The zero-order valence-electron chi connectivity index (χ0n) is 13.6. The number of nitrogens with zero attached hydrogens (tertiary/aromatic N) is 3. The number of pyridine rings is 1. The highest BCUT2D eigenvalue weighted by Gasteiger charge is 2.01. The number of hydrogen-bond acceptors (Lipinski definition) is 4. The number of anilines is 1. The fraction of sp³-hybridized carbons (Fsp3) is 0.105. The third kappa shape index (κ3) is 5.31. The lowest BCUT2D eigenvalue weighted by atomic mass is 10.2. The molecule has 1 amide bonds. The van der Waals surface area contributed by atoms with Crippen LogP contribution in [0.3, 0.4) is 0 Å². The lowest BCUT2D eigenvalue weighted by Crippen LogP contribution is -2.10. The maximum atomic E-state index is 12.0. The van der Waals surface area contributed by atoms with Gasteiger partial charge in [-0.15, -0.1) is 0 Å². The first-order chi connectivity index (χ1) is 12.3. The van der Waals surface area contributed by atoms with Crippen molar-refractivity contribution in [2.24, 2.45) is 0 Å². The van der Waals surface area contributed by atoms with E-state index in [0.717, 1.165) is 5.56 Å². The Morgan fingerprint density at radius 2 is 2.16 bits per heavy atom. The minimum absolute atomic E-state index is 0.211. The van der Waals surface area contributed by atoms with Gasteiger partial charge in [-0.2, -0.15) is 5.10 Å². The van der Waals surface area contributed by atoms with E-state index in [9.17, 15) is 4.79 Å². The smallest absolute Gasteiger partial charge is 0.248 e. The Balaban J connectivity index is 1.52. The van der Waals surface area contributed by atoms with E-state index in [4.69, 9.17) is 4.74 Å². The SMILES string of the molecule is O=C(C=Cc1cccnc1)Nc1cccc(OCCn2cccn2)c1. The number of carbonyl (C=O) groups is 1. The number of amides is 1. The van der Waals surface area contributed by atoms with E-state index in [1.165, 1.54) is 6.08 Å². The summed E-state index contributed by atoms with van der Waals surface area (Å²) in [6.07, 6.45) is 10.2. The van der Waals surface area contributed by atoms with Crippen molar-refractivity contribution in [2.45, 2.75) is 6.54 Å². The highest BCUT2D eigenvalue weighted by molar-refractivity contribution is 6.01. The highest BCUT2D eigenvalue weighted by atomic mass is 16.5. The Morgan fingerprint density at radius 1 is 1.20 bits per heavy atom. The van der Waals surface area contributed by atoms with E-state index in [1.807, 2.05) is 42.6 Å². The maximum absolute atomic E-state index is 12.0. The highest BCUT2D eigenvalue weighted by Crippen LogP contribution is 2.17. The Morgan fingerprint density at radius 3 is 2.96 bits per heavy atom. The molecule has 3 rings (SSSR count). The maximum Gasteiger partial charge on any atom is 0.248 e. The van der Waals surface area contributed by atoms with Crippen LogP contribution in [0.15, 0.2) is 73.3 Å². The summed E-state index contributed by atoms with van der Waals surface area (Å²) in [5.74, 6) is 0.485. The Bertz CT molecular complexity index is 830. The molecule has 0 radical (unpaired) electrons. The molecule has 0 saturated carbocycles. The first-order valence-corrected chi connectivity index (χ1v) is 7.89. The molecule has 1 N–H and O–H groups in total. The van der Waals surface area contributed by atoms with Crippen molar-refractivity contribution >= 4 is 17.7 Å². The van der Waals surface area contributed by atoms with Gasteiger partial charge in [0, 0.05) is 42.6 Å². The van der Waals surface area contributed by atoms with Crippen molar-refractivity contribution in [1.82, 2.24) is 14.8 Å². The van der Waals surface area contributed by atoms with Crippen molar-refractivity contribution in [3.05, 3.63) is 78.9 Å². The summed E-state index contributed by atoms with van der Waals surface area (Å²) in [5, 5.41) is 6.93. The molecule has 0 aliphatic rings. The molecule has 3 aromatic rings. The quantitative estimate of drug-likeness (QED) is 0.674. The van der Waals surface area contributed by atoms with Gasteiger partial charge in [0.25, 0.3) is 0 Å². The molecule has 6 nitrogen and oxygen atoms in total. The minimum atomic E-state index is -0.211. The second-order valence-electron chi connectivity index (χ2n) is 5.25. The fourth-order valence-electron chi connectivity index (χ4n) is 2.18. The second-order valence-corrected chi connectivity index (χ2v) is 5.25. The van der Waals surface area contributed by atoms with Crippen molar-refractivity contribution < 1.29 is 9.53 Å². The molecule has 0 saturated heterocycles. The standard InChI is InChI=1S/C19H18N4O2/c24-19(8-7-16-4-2-9-20-15-16)22-17-5-1-6-18(14-17)25-13-12-23-11-3-10-21-23/h1-11,14-15H,12-13H2,(H,22,24). The van der Waals surface area contributed by atoms with Gasteiger partial charge >= 0.3 is 0 Å². The molecule has 0 unspecified atom stereocenters. The molecule has 126 valence electrons. The molecule has 1 aromatic carbocycles. The molecule has 0 fully saturated rings. The average molecular weight is 334 g/mol. The van der Waals surface area contributed by atoms with E-state index in [1.54, 1.807) is 35.4 Å². The number of hydrogen-bond donors (Lipinski definition) is 1. The summed E-state index contributed by atoms with van der Waals surface area (Å²) >= 11 is 0. The Hall–Kier alpha value is -3.41. The van der Waals surface area contributed by atoms with Gasteiger partial charge in [0.1, 0.15) is 12.4 Å². The van der Waals surface area contributed by atoms with E-state index >= 15 is 0 Å². The molecular weight excluding hydrogens is 316 g/mol. The molecular formula is C19H18N4O2. The molecule has 0 spiro atoms. The summed E-state index contributed by atoms with van der Waals surface area (Å²) in [5.41, 5.74) is 1.55. The molecule has 6 heteroatoms. The third-order valence-corrected chi connectivity index (χ3v) is 3.36. The Kier molecular flexibility index (Phi) is 5.56. The first-order valence-electron chi connectivity index (χ1n) is 7.89. The predicted octanol–water partition coefficient (Wildman–Crippen LogP) is 3.01. The summed E-state index contributed by atoms with van der Waals surface area (Å²) in [4.78, 5) is 16.0. The van der Waals surface area contributed by atoms with Gasteiger partial charge in [0.15, 0.2) is 0 Å². The van der Waals surface area contributed by atoms with Gasteiger partial charge in [0.05, 0.1) is 6.54 Å². The van der Waals surface area contributed by atoms with Gasteiger partial charge in [0.2, 0.25) is 5.91 Å². The molecule has 0 atom stereocenters. The van der Waals surface area contributed by atoms with Crippen LogP contribution in [-0.2, 0) is 11.3 Å². The van der Waals surface area contributed by atoms with E-state index in [0.29, 0.717) is 24.6 Å². The van der Waals surface area contributed by atoms with Gasteiger partial charge in [-0.05, 0) is 35.9 Å². The molecule has 2 aromatic heterocycles. The predicted molar refractivity (Wildman–Crippen MR) is 96.1 cm³/mol.